The highest BCUT2D eigenvalue weighted by Gasteiger charge is 2.25. The van der Waals surface area contributed by atoms with Crippen LogP contribution in [0.1, 0.15) is 11.6 Å². The maximum Gasteiger partial charge on any atom is 0.238 e. The summed E-state index contributed by atoms with van der Waals surface area (Å²) in [5.41, 5.74) is 1.68. The molecule has 1 aliphatic rings. The van der Waals surface area contributed by atoms with Gasteiger partial charge in [0.25, 0.3) is 0 Å². The van der Waals surface area contributed by atoms with Gasteiger partial charge in [-0.1, -0.05) is 23.7 Å². The summed E-state index contributed by atoms with van der Waals surface area (Å²) < 4.78 is 12.9. The predicted molar refractivity (Wildman–Crippen MR) is 101 cm³/mol. The lowest BCUT2D eigenvalue weighted by Gasteiger charge is -2.36. The molecule has 134 valence electrons. The van der Waals surface area contributed by atoms with Gasteiger partial charge in [-0.25, -0.2) is 4.39 Å². The van der Waals surface area contributed by atoms with Gasteiger partial charge in [0.2, 0.25) is 5.91 Å². The molecule has 1 atom stereocenters. The third kappa shape index (κ3) is 5.41. The normalized spacial score (nSPS) is 17.6. The zero-order valence-electron chi connectivity index (χ0n) is 13.5. The van der Waals surface area contributed by atoms with E-state index in [1.165, 1.54) is 12.1 Å². The molecular weight excluding hydrogens is 364 g/mol. The second-order valence-electron chi connectivity index (χ2n) is 5.80. The quantitative estimate of drug-likeness (QED) is 0.849. The molecule has 1 saturated heterocycles. The molecule has 25 heavy (non-hydrogen) atoms. The zero-order valence-corrected chi connectivity index (χ0v) is 15.1. The van der Waals surface area contributed by atoms with Gasteiger partial charge in [-0.3, -0.25) is 9.69 Å². The SMILES string of the molecule is Cl.O=C(CN1CCNCC1c1cccc(Cl)c1)Nc1ccc(F)cc1. The molecule has 1 heterocycles. The topological polar surface area (TPSA) is 44.4 Å². The van der Waals surface area contributed by atoms with Crippen LogP contribution in [0.4, 0.5) is 10.1 Å². The van der Waals surface area contributed by atoms with E-state index in [0.717, 1.165) is 25.2 Å². The molecule has 0 radical (unpaired) electrons. The number of carbonyl (C=O) groups is 1. The fraction of sp³-hybridized carbons (Fsp3) is 0.278. The van der Waals surface area contributed by atoms with Crippen molar-refractivity contribution in [3.05, 3.63) is 64.9 Å². The summed E-state index contributed by atoms with van der Waals surface area (Å²) in [5, 5.41) is 6.85. The van der Waals surface area contributed by atoms with Gasteiger partial charge >= 0.3 is 0 Å². The highest BCUT2D eigenvalue weighted by Crippen LogP contribution is 2.24. The summed E-state index contributed by atoms with van der Waals surface area (Å²) in [6.45, 7) is 2.65. The van der Waals surface area contributed by atoms with Crippen molar-refractivity contribution in [2.45, 2.75) is 6.04 Å². The molecule has 1 aliphatic heterocycles. The minimum absolute atomic E-state index is 0. The van der Waals surface area contributed by atoms with Gasteiger partial charge in [-0.15, -0.1) is 12.4 Å². The molecule has 0 aromatic heterocycles. The van der Waals surface area contributed by atoms with Gasteiger partial charge in [-0.05, 0) is 42.0 Å². The second kappa shape index (κ2) is 9.15. The number of hydrogen-bond acceptors (Lipinski definition) is 3. The lowest BCUT2D eigenvalue weighted by atomic mass is 10.0. The Morgan fingerprint density at radius 2 is 2.04 bits per heavy atom. The van der Waals surface area contributed by atoms with E-state index in [1.807, 2.05) is 24.3 Å². The number of carbonyl (C=O) groups excluding carboxylic acids is 1. The third-order valence-corrected chi connectivity index (χ3v) is 4.30. The van der Waals surface area contributed by atoms with Crippen LogP contribution < -0.4 is 10.6 Å². The summed E-state index contributed by atoms with van der Waals surface area (Å²) >= 11 is 6.09. The van der Waals surface area contributed by atoms with E-state index < -0.39 is 0 Å². The summed E-state index contributed by atoms with van der Waals surface area (Å²) in [4.78, 5) is 14.4. The maximum absolute atomic E-state index is 12.9. The largest absolute Gasteiger partial charge is 0.325 e. The standard InChI is InChI=1S/C18H19ClFN3O.ClH/c19-14-3-1-2-13(10-14)17-11-21-8-9-23(17)12-18(24)22-16-6-4-15(20)5-7-16;/h1-7,10,17,21H,8-9,11-12H2,(H,22,24);1H. The molecule has 1 amide bonds. The first kappa shape index (κ1) is 19.7. The van der Waals surface area contributed by atoms with Crippen LogP contribution >= 0.6 is 24.0 Å². The number of halogens is 3. The van der Waals surface area contributed by atoms with E-state index in [0.29, 0.717) is 10.7 Å². The minimum atomic E-state index is -0.323. The average Bonchev–Trinajstić information content (AvgIpc) is 2.57. The third-order valence-electron chi connectivity index (χ3n) is 4.06. The Kier molecular flexibility index (Phi) is 7.20. The van der Waals surface area contributed by atoms with E-state index in [9.17, 15) is 9.18 Å². The van der Waals surface area contributed by atoms with Gasteiger partial charge in [0.15, 0.2) is 0 Å². The van der Waals surface area contributed by atoms with E-state index in [-0.39, 0.29) is 36.7 Å². The van der Waals surface area contributed by atoms with Crippen molar-refractivity contribution in [2.75, 3.05) is 31.5 Å². The number of piperazine rings is 1. The molecule has 0 spiro atoms. The van der Waals surface area contributed by atoms with Gasteiger partial charge in [-0.2, -0.15) is 0 Å². The Labute approximate surface area is 157 Å². The van der Waals surface area contributed by atoms with Crippen LogP contribution in [0.5, 0.6) is 0 Å². The summed E-state index contributed by atoms with van der Waals surface area (Å²) in [5.74, 6) is -0.438. The van der Waals surface area contributed by atoms with Crippen LogP contribution in [-0.2, 0) is 4.79 Å². The second-order valence-corrected chi connectivity index (χ2v) is 6.24. The van der Waals surface area contributed by atoms with Gasteiger partial charge in [0.05, 0.1) is 6.54 Å². The van der Waals surface area contributed by atoms with Crippen molar-refractivity contribution in [1.29, 1.82) is 0 Å². The van der Waals surface area contributed by atoms with Gasteiger partial charge in [0.1, 0.15) is 5.82 Å². The Hall–Kier alpha value is -1.66. The van der Waals surface area contributed by atoms with Crippen LogP contribution in [0, 0.1) is 5.82 Å². The Balaban J connectivity index is 0.00000225. The number of hydrogen-bond donors (Lipinski definition) is 2. The first-order chi connectivity index (χ1) is 11.6. The minimum Gasteiger partial charge on any atom is -0.325 e. The fourth-order valence-electron chi connectivity index (χ4n) is 2.90. The van der Waals surface area contributed by atoms with Crippen LogP contribution in [0.2, 0.25) is 5.02 Å². The molecule has 0 saturated carbocycles. The molecule has 3 rings (SSSR count). The maximum atomic E-state index is 12.9. The molecule has 0 aliphatic carbocycles. The molecule has 2 aromatic rings. The van der Waals surface area contributed by atoms with Crippen molar-refractivity contribution in [3.8, 4) is 0 Å². The number of nitrogens with zero attached hydrogens (tertiary/aromatic N) is 1. The number of amides is 1. The Bertz CT molecular complexity index is 712. The van der Waals surface area contributed by atoms with Gasteiger partial charge < -0.3 is 10.6 Å². The lowest BCUT2D eigenvalue weighted by Crippen LogP contribution is -2.48. The van der Waals surface area contributed by atoms with Crippen molar-refractivity contribution >= 4 is 35.6 Å². The molecule has 2 aromatic carbocycles. The van der Waals surface area contributed by atoms with Crippen LogP contribution in [0.25, 0.3) is 0 Å². The van der Waals surface area contributed by atoms with Crippen molar-refractivity contribution in [1.82, 2.24) is 10.2 Å². The van der Waals surface area contributed by atoms with E-state index in [4.69, 9.17) is 11.6 Å². The van der Waals surface area contributed by atoms with E-state index in [1.54, 1.807) is 12.1 Å². The van der Waals surface area contributed by atoms with Gasteiger partial charge in [0, 0.05) is 36.4 Å². The van der Waals surface area contributed by atoms with Crippen LogP contribution in [0.3, 0.4) is 0 Å². The summed E-state index contributed by atoms with van der Waals surface area (Å²) in [6, 6.07) is 13.6. The molecule has 0 bridgehead atoms. The molecule has 1 fully saturated rings. The number of anilines is 1. The summed E-state index contributed by atoms with van der Waals surface area (Å²) in [7, 11) is 0. The van der Waals surface area contributed by atoms with Crippen LogP contribution in [-0.4, -0.2) is 37.0 Å². The average molecular weight is 384 g/mol. The number of benzene rings is 2. The zero-order chi connectivity index (χ0) is 16.9. The summed E-state index contributed by atoms with van der Waals surface area (Å²) in [6.07, 6.45) is 0. The predicted octanol–water partition coefficient (Wildman–Crippen LogP) is 3.49. The van der Waals surface area contributed by atoms with E-state index >= 15 is 0 Å². The molecular formula is C18H20Cl2FN3O. The van der Waals surface area contributed by atoms with E-state index in [2.05, 4.69) is 15.5 Å². The van der Waals surface area contributed by atoms with Crippen molar-refractivity contribution in [2.24, 2.45) is 0 Å². The molecule has 4 nitrogen and oxygen atoms in total. The smallest absolute Gasteiger partial charge is 0.238 e. The molecule has 7 heteroatoms. The molecule has 1 unspecified atom stereocenters. The first-order valence-electron chi connectivity index (χ1n) is 7.87. The fourth-order valence-corrected chi connectivity index (χ4v) is 3.10. The van der Waals surface area contributed by atoms with Crippen molar-refractivity contribution in [3.63, 3.8) is 0 Å². The van der Waals surface area contributed by atoms with Crippen molar-refractivity contribution < 1.29 is 9.18 Å². The lowest BCUT2D eigenvalue weighted by molar-refractivity contribution is -0.118. The molecule has 2 N–H and O–H groups in total. The Morgan fingerprint density at radius 1 is 1.28 bits per heavy atom. The highest BCUT2D eigenvalue weighted by atomic mass is 35.5. The monoisotopic (exact) mass is 383 g/mol. The first-order valence-corrected chi connectivity index (χ1v) is 8.25. The highest BCUT2D eigenvalue weighted by molar-refractivity contribution is 6.30. The number of rotatable bonds is 4. The van der Waals surface area contributed by atoms with Crippen LogP contribution in [0.15, 0.2) is 48.5 Å². The number of nitrogens with one attached hydrogen (secondary N) is 2. The Morgan fingerprint density at radius 3 is 2.76 bits per heavy atom.